The molecule has 0 radical (unpaired) electrons. The minimum absolute atomic E-state index is 0.466. The number of benzene rings is 2. The molecule has 4 bridgehead atoms. The van der Waals surface area contributed by atoms with Crippen molar-refractivity contribution in [1.29, 1.82) is 0 Å². The van der Waals surface area contributed by atoms with Crippen molar-refractivity contribution < 1.29 is 0 Å². The highest BCUT2D eigenvalue weighted by atomic mass is 15.4. The molecular formula is C24H32N4. The van der Waals surface area contributed by atoms with Crippen LogP contribution in [0.15, 0.2) is 60.7 Å². The summed E-state index contributed by atoms with van der Waals surface area (Å²) in [5.74, 6) is 0. The molecule has 5 rings (SSSR count). The highest BCUT2D eigenvalue weighted by molar-refractivity contribution is 5.21. The van der Waals surface area contributed by atoms with E-state index in [0.717, 1.165) is 0 Å². The summed E-state index contributed by atoms with van der Waals surface area (Å²) in [4.78, 5) is 10.8. The Bertz CT molecular complexity index is 660. The Labute approximate surface area is 169 Å². The van der Waals surface area contributed by atoms with Gasteiger partial charge in [-0.15, -0.1) is 0 Å². The second kappa shape index (κ2) is 8.34. The van der Waals surface area contributed by atoms with Crippen molar-refractivity contribution in [3.63, 3.8) is 0 Å². The molecule has 4 atom stereocenters. The molecule has 3 aliphatic heterocycles. The monoisotopic (exact) mass is 376 g/mol. The normalized spacial score (nSPS) is 35.9. The predicted molar refractivity (Wildman–Crippen MR) is 114 cm³/mol. The van der Waals surface area contributed by atoms with Crippen LogP contribution in [-0.2, 0) is 0 Å². The quantitative estimate of drug-likeness (QED) is 0.796. The van der Waals surface area contributed by atoms with Crippen molar-refractivity contribution in [3.05, 3.63) is 71.8 Å². The van der Waals surface area contributed by atoms with Gasteiger partial charge in [-0.05, 0) is 24.0 Å². The fourth-order valence-electron chi connectivity index (χ4n) is 5.45. The largest absolute Gasteiger partial charge is 0.283 e. The Morgan fingerprint density at radius 2 is 0.750 bits per heavy atom. The summed E-state index contributed by atoms with van der Waals surface area (Å²) >= 11 is 0. The van der Waals surface area contributed by atoms with Crippen LogP contribution in [-0.4, -0.2) is 72.0 Å². The van der Waals surface area contributed by atoms with Crippen LogP contribution in [0.1, 0.15) is 36.3 Å². The molecule has 0 N–H and O–H groups in total. The molecule has 0 saturated carbocycles. The summed E-state index contributed by atoms with van der Waals surface area (Å²) in [6, 6.07) is 22.3. The molecule has 28 heavy (non-hydrogen) atoms. The van der Waals surface area contributed by atoms with Crippen LogP contribution >= 0.6 is 0 Å². The van der Waals surface area contributed by atoms with Gasteiger partial charge in [-0.1, -0.05) is 60.7 Å². The summed E-state index contributed by atoms with van der Waals surface area (Å²) in [5, 5.41) is 0. The molecule has 0 aromatic heterocycles. The number of rotatable bonds is 2. The van der Waals surface area contributed by atoms with Crippen molar-refractivity contribution in [2.24, 2.45) is 0 Å². The first kappa shape index (κ1) is 18.3. The Kier molecular flexibility index (Phi) is 5.45. The van der Waals surface area contributed by atoms with Gasteiger partial charge in [-0.3, -0.25) is 19.6 Å². The van der Waals surface area contributed by atoms with Crippen LogP contribution in [0.5, 0.6) is 0 Å². The van der Waals surface area contributed by atoms with E-state index in [9.17, 15) is 0 Å². The van der Waals surface area contributed by atoms with Gasteiger partial charge in [0.15, 0.2) is 0 Å². The SMILES string of the molecule is c1ccc(C2N3CCCN4CCN(CCCN2CC3)C4c2ccccc2)cc1. The van der Waals surface area contributed by atoms with Gasteiger partial charge in [0.25, 0.3) is 0 Å². The van der Waals surface area contributed by atoms with E-state index >= 15 is 0 Å². The average Bonchev–Trinajstić information content (AvgIpc) is 3.33. The molecule has 0 amide bonds. The van der Waals surface area contributed by atoms with E-state index < -0.39 is 0 Å². The molecule has 3 fully saturated rings. The summed E-state index contributed by atoms with van der Waals surface area (Å²) in [6.07, 6.45) is 3.42. The minimum Gasteiger partial charge on any atom is -0.283 e. The summed E-state index contributed by atoms with van der Waals surface area (Å²) < 4.78 is 0. The maximum absolute atomic E-state index is 2.71. The lowest BCUT2D eigenvalue weighted by atomic mass is 10.1. The van der Waals surface area contributed by atoms with Gasteiger partial charge < -0.3 is 0 Å². The highest BCUT2D eigenvalue weighted by Crippen LogP contribution is 2.33. The fourth-order valence-corrected chi connectivity index (χ4v) is 5.45. The summed E-state index contributed by atoms with van der Waals surface area (Å²) in [5.41, 5.74) is 2.92. The van der Waals surface area contributed by atoms with Crippen molar-refractivity contribution in [2.75, 3.05) is 52.4 Å². The van der Waals surface area contributed by atoms with Gasteiger partial charge in [0.05, 0.1) is 12.3 Å². The first-order valence-corrected chi connectivity index (χ1v) is 11.0. The van der Waals surface area contributed by atoms with E-state index in [0.29, 0.717) is 12.3 Å². The number of fused-ring (bicyclic) bond motifs is 4. The van der Waals surface area contributed by atoms with Crippen LogP contribution in [0.4, 0.5) is 0 Å². The number of nitrogens with zero attached hydrogens (tertiary/aromatic N) is 4. The van der Waals surface area contributed by atoms with Crippen molar-refractivity contribution in [2.45, 2.75) is 25.2 Å². The third-order valence-electron chi connectivity index (χ3n) is 6.71. The second-order valence-electron chi connectivity index (χ2n) is 8.42. The van der Waals surface area contributed by atoms with E-state index in [1.54, 1.807) is 0 Å². The Balaban J connectivity index is 1.36. The minimum atomic E-state index is 0.466. The van der Waals surface area contributed by atoms with Crippen LogP contribution < -0.4 is 0 Å². The van der Waals surface area contributed by atoms with E-state index in [1.807, 2.05) is 0 Å². The average molecular weight is 377 g/mol. The number of hydrogen-bond acceptors (Lipinski definition) is 4. The molecule has 2 aromatic carbocycles. The van der Waals surface area contributed by atoms with Crippen LogP contribution in [0, 0.1) is 0 Å². The van der Waals surface area contributed by atoms with E-state index in [2.05, 4.69) is 80.3 Å². The fraction of sp³-hybridized carbons (Fsp3) is 0.500. The Morgan fingerprint density at radius 1 is 0.429 bits per heavy atom. The van der Waals surface area contributed by atoms with Crippen LogP contribution in [0.2, 0.25) is 0 Å². The summed E-state index contributed by atoms with van der Waals surface area (Å²) in [7, 11) is 0. The maximum atomic E-state index is 2.71. The lowest BCUT2D eigenvalue weighted by Gasteiger charge is -2.35. The zero-order valence-electron chi connectivity index (χ0n) is 16.8. The van der Waals surface area contributed by atoms with Gasteiger partial charge in [0, 0.05) is 52.4 Å². The van der Waals surface area contributed by atoms with Gasteiger partial charge in [0.2, 0.25) is 0 Å². The lowest BCUT2D eigenvalue weighted by molar-refractivity contribution is 0.0928. The summed E-state index contributed by atoms with van der Waals surface area (Å²) in [6.45, 7) is 9.55. The smallest absolute Gasteiger partial charge is 0.0887 e. The molecule has 0 aliphatic carbocycles. The van der Waals surface area contributed by atoms with Crippen molar-refractivity contribution >= 4 is 0 Å². The topological polar surface area (TPSA) is 13.0 Å². The molecule has 4 unspecified atom stereocenters. The molecular weight excluding hydrogens is 344 g/mol. The second-order valence-corrected chi connectivity index (χ2v) is 8.42. The van der Waals surface area contributed by atoms with E-state index in [1.165, 1.54) is 76.3 Å². The lowest BCUT2D eigenvalue weighted by Crippen LogP contribution is -2.37. The third-order valence-corrected chi connectivity index (χ3v) is 6.71. The van der Waals surface area contributed by atoms with E-state index in [-0.39, 0.29) is 0 Å². The zero-order valence-corrected chi connectivity index (χ0v) is 16.8. The van der Waals surface area contributed by atoms with Crippen molar-refractivity contribution in [1.82, 2.24) is 19.6 Å². The maximum Gasteiger partial charge on any atom is 0.0887 e. The zero-order chi connectivity index (χ0) is 18.8. The Morgan fingerprint density at radius 3 is 1.07 bits per heavy atom. The van der Waals surface area contributed by atoms with Gasteiger partial charge in [-0.25, -0.2) is 0 Å². The van der Waals surface area contributed by atoms with Crippen molar-refractivity contribution in [3.8, 4) is 0 Å². The van der Waals surface area contributed by atoms with Gasteiger partial charge in [-0.2, -0.15) is 0 Å². The first-order chi connectivity index (χ1) is 13.9. The molecule has 3 aliphatic rings. The van der Waals surface area contributed by atoms with Gasteiger partial charge in [0.1, 0.15) is 0 Å². The third kappa shape index (κ3) is 3.62. The molecule has 4 heteroatoms. The van der Waals surface area contributed by atoms with Crippen LogP contribution in [0.3, 0.4) is 0 Å². The van der Waals surface area contributed by atoms with Crippen LogP contribution in [0.25, 0.3) is 0 Å². The predicted octanol–water partition coefficient (Wildman–Crippen LogP) is 3.41. The Hall–Kier alpha value is -1.72. The molecule has 3 saturated heterocycles. The molecule has 0 spiro atoms. The van der Waals surface area contributed by atoms with Gasteiger partial charge >= 0.3 is 0 Å². The molecule has 148 valence electrons. The highest BCUT2D eigenvalue weighted by Gasteiger charge is 2.36. The molecule has 4 nitrogen and oxygen atoms in total. The molecule has 2 aromatic rings. The van der Waals surface area contributed by atoms with E-state index in [4.69, 9.17) is 0 Å². The number of hydrogen-bond donors (Lipinski definition) is 0. The molecule has 3 heterocycles. The first-order valence-electron chi connectivity index (χ1n) is 11.0. The standard InChI is InChI=1S/C24H32N4/c1-3-9-21(10-4-1)23-25-13-7-15-27-19-20-28(16-8-14-26(23)18-17-25)24(27)22-11-5-2-6-12-22/h1-6,9-12,23-24H,7-8,13-20H2.